The molecule has 0 aromatic rings. The minimum Gasteiger partial charge on any atom is -0.548 e. The number of carbonyl (C=O) groups is 1. The van der Waals surface area contributed by atoms with Crippen molar-refractivity contribution in [1.82, 2.24) is 0 Å². The van der Waals surface area contributed by atoms with Crippen LogP contribution in [0, 0.1) is 0 Å². The van der Waals surface area contributed by atoms with Crippen molar-refractivity contribution in [3.63, 3.8) is 0 Å². The molecule has 5 heteroatoms. The van der Waals surface area contributed by atoms with Gasteiger partial charge in [-0.2, -0.15) is 11.8 Å². The van der Waals surface area contributed by atoms with Crippen LogP contribution in [-0.2, 0) is 4.79 Å². The number of carbonyl (C=O) groups excluding carboxylic acids is 1. The summed E-state index contributed by atoms with van der Waals surface area (Å²) in [5, 5.41) is 9.96. The summed E-state index contributed by atoms with van der Waals surface area (Å²) in [7, 11) is 0. The Morgan fingerprint density at radius 3 is 2.60 bits per heavy atom. The molecule has 0 amide bonds. The first-order valence-electron chi connectivity index (χ1n) is 2.64. The third-order valence-electron chi connectivity index (χ3n) is 0.936. The summed E-state index contributed by atoms with van der Waals surface area (Å²) in [6.07, 6.45) is 2.39. The molecule has 10 heavy (non-hydrogen) atoms. The molecule has 0 aliphatic carbocycles. The number of hydrogen-bond donors (Lipinski definition) is 1. The zero-order valence-corrected chi connectivity index (χ0v) is 10.2. The summed E-state index contributed by atoms with van der Waals surface area (Å²) in [6, 6.07) is -0.794. The van der Waals surface area contributed by atoms with Crippen molar-refractivity contribution < 1.29 is 61.3 Å². The number of aliphatic carboxylic acids is 1. The summed E-state index contributed by atoms with van der Waals surface area (Å²) in [5.41, 5.74) is 5.13. The first-order chi connectivity index (χ1) is 4.18. The summed E-state index contributed by atoms with van der Waals surface area (Å²) in [5.74, 6) is -0.390. The van der Waals surface area contributed by atoms with Crippen LogP contribution in [0.2, 0.25) is 0 Å². The van der Waals surface area contributed by atoms with Crippen molar-refractivity contribution in [2.24, 2.45) is 5.73 Å². The zero-order chi connectivity index (χ0) is 7.28. The molecule has 0 aliphatic rings. The zero-order valence-electron chi connectivity index (χ0n) is 6.29. The van der Waals surface area contributed by atoms with Crippen LogP contribution < -0.4 is 62.2 Å². The van der Waals surface area contributed by atoms with Crippen LogP contribution in [-0.4, -0.2) is 24.0 Å². The molecule has 0 spiro atoms. The van der Waals surface area contributed by atoms with Gasteiger partial charge in [-0.25, -0.2) is 0 Å². The van der Waals surface area contributed by atoms with E-state index in [1.807, 2.05) is 6.26 Å². The van der Waals surface area contributed by atoms with Crippen LogP contribution in [0.5, 0.6) is 0 Å². The van der Waals surface area contributed by atoms with Gasteiger partial charge in [0.2, 0.25) is 0 Å². The molecular formula is C5H10KNO2S. The van der Waals surface area contributed by atoms with E-state index in [0.29, 0.717) is 6.42 Å². The Balaban J connectivity index is 0. The van der Waals surface area contributed by atoms with Gasteiger partial charge in [-0.15, -0.1) is 0 Å². The quantitative estimate of drug-likeness (QED) is 0.454. The van der Waals surface area contributed by atoms with Crippen molar-refractivity contribution in [2.45, 2.75) is 12.5 Å². The number of thioether (sulfide) groups is 1. The van der Waals surface area contributed by atoms with Crippen LogP contribution in [0.25, 0.3) is 0 Å². The third kappa shape index (κ3) is 7.52. The maximum absolute atomic E-state index is 9.96. The van der Waals surface area contributed by atoms with E-state index in [1.54, 1.807) is 11.8 Å². The molecule has 0 saturated carbocycles. The van der Waals surface area contributed by atoms with Gasteiger partial charge >= 0.3 is 51.4 Å². The minimum atomic E-state index is -1.16. The molecule has 0 aliphatic heterocycles. The van der Waals surface area contributed by atoms with Gasteiger partial charge in [0, 0.05) is 6.04 Å². The molecule has 0 fully saturated rings. The summed E-state index contributed by atoms with van der Waals surface area (Å²) >= 11 is 1.58. The molecule has 54 valence electrons. The van der Waals surface area contributed by atoms with Gasteiger partial charge in [-0.3, -0.25) is 0 Å². The maximum atomic E-state index is 9.96. The van der Waals surface area contributed by atoms with Gasteiger partial charge in [0.15, 0.2) is 0 Å². The predicted octanol–water partition coefficient (Wildman–Crippen LogP) is -4.18. The fourth-order valence-electron chi connectivity index (χ4n) is 0.363. The number of carboxylic acid groups (broad SMARTS) is 1. The van der Waals surface area contributed by atoms with E-state index in [9.17, 15) is 9.90 Å². The molecule has 0 aromatic carbocycles. The summed E-state index contributed by atoms with van der Waals surface area (Å²) in [4.78, 5) is 9.96. The Bertz CT molecular complexity index is 102. The van der Waals surface area contributed by atoms with E-state index in [4.69, 9.17) is 5.73 Å². The molecular weight excluding hydrogens is 177 g/mol. The Kier molecular flexibility index (Phi) is 11.9. The normalized spacial score (nSPS) is 11.8. The van der Waals surface area contributed by atoms with Gasteiger partial charge in [-0.05, 0) is 18.4 Å². The molecule has 1 atom stereocenters. The van der Waals surface area contributed by atoms with E-state index < -0.39 is 12.0 Å². The van der Waals surface area contributed by atoms with E-state index >= 15 is 0 Å². The molecule has 3 nitrogen and oxygen atoms in total. The first-order valence-corrected chi connectivity index (χ1v) is 4.03. The molecule has 0 heterocycles. The van der Waals surface area contributed by atoms with Gasteiger partial charge in [0.25, 0.3) is 0 Å². The summed E-state index contributed by atoms with van der Waals surface area (Å²) in [6.45, 7) is 0. The van der Waals surface area contributed by atoms with Gasteiger partial charge in [-0.1, -0.05) is 0 Å². The van der Waals surface area contributed by atoms with E-state index in [1.165, 1.54) is 0 Å². The number of nitrogens with two attached hydrogens (primary N) is 1. The Labute approximate surface area is 108 Å². The van der Waals surface area contributed by atoms with Crippen molar-refractivity contribution in [2.75, 3.05) is 12.0 Å². The molecule has 2 N–H and O–H groups in total. The monoisotopic (exact) mass is 187 g/mol. The smallest absolute Gasteiger partial charge is 0.548 e. The second-order valence-corrected chi connectivity index (χ2v) is 2.69. The number of carboxylic acids is 1. The Morgan fingerprint density at radius 2 is 2.30 bits per heavy atom. The second-order valence-electron chi connectivity index (χ2n) is 1.71. The van der Waals surface area contributed by atoms with E-state index in [-0.39, 0.29) is 51.4 Å². The molecule has 0 rings (SSSR count). The van der Waals surface area contributed by atoms with Crippen molar-refractivity contribution in [3.05, 3.63) is 0 Å². The first kappa shape index (κ1) is 14.0. The molecule has 0 bridgehead atoms. The minimum absolute atomic E-state index is 0. The van der Waals surface area contributed by atoms with E-state index in [2.05, 4.69) is 0 Å². The second kappa shape index (κ2) is 8.51. The maximum Gasteiger partial charge on any atom is 1.00 e. The van der Waals surface area contributed by atoms with Crippen molar-refractivity contribution in [1.29, 1.82) is 0 Å². The number of rotatable bonds is 4. The fourth-order valence-corrected chi connectivity index (χ4v) is 0.852. The molecule has 0 radical (unpaired) electrons. The SMILES string of the molecule is CSCC[C@@H](N)C(=O)[O-].[K+]. The molecule has 0 unspecified atom stereocenters. The predicted molar refractivity (Wildman–Crippen MR) is 36.0 cm³/mol. The van der Waals surface area contributed by atoms with Crippen molar-refractivity contribution >= 4 is 17.7 Å². The van der Waals surface area contributed by atoms with Crippen LogP contribution in [0.1, 0.15) is 6.42 Å². The fraction of sp³-hybridized carbons (Fsp3) is 0.800. The van der Waals surface area contributed by atoms with Crippen LogP contribution in [0.4, 0.5) is 0 Å². The van der Waals surface area contributed by atoms with Crippen LogP contribution >= 0.6 is 11.8 Å². The average molecular weight is 187 g/mol. The third-order valence-corrected chi connectivity index (χ3v) is 1.58. The summed E-state index contributed by atoms with van der Waals surface area (Å²) < 4.78 is 0. The Hall–Kier alpha value is 1.42. The average Bonchev–Trinajstić information content (AvgIpc) is 1.82. The molecule has 0 aromatic heterocycles. The van der Waals surface area contributed by atoms with Gasteiger partial charge in [0.1, 0.15) is 0 Å². The number of hydrogen-bond acceptors (Lipinski definition) is 4. The van der Waals surface area contributed by atoms with Gasteiger partial charge in [0.05, 0.1) is 5.97 Å². The Morgan fingerprint density at radius 1 is 1.80 bits per heavy atom. The largest absolute Gasteiger partial charge is 1.00 e. The standard InChI is InChI=1S/C5H11NO2S.K/c1-9-3-2-4(6)5(7)8;/h4H,2-3,6H2,1H3,(H,7,8);/q;+1/p-1/t4-;/m1./s1. The van der Waals surface area contributed by atoms with Crippen molar-refractivity contribution in [3.8, 4) is 0 Å². The molecule has 0 saturated heterocycles. The van der Waals surface area contributed by atoms with E-state index in [0.717, 1.165) is 5.75 Å². The van der Waals surface area contributed by atoms with Gasteiger partial charge < -0.3 is 15.6 Å². The van der Waals surface area contributed by atoms with Crippen LogP contribution in [0.15, 0.2) is 0 Å². The van der Waals surface area contributed by atoms with Crippen LogP contribution in [0.3, 0.4) is 0 Å². The topological polar surface area (TPSA) is 66.2 Å².